The Hall–Kier alpha value is -2.74. The summed E-state index contributed by atoms with van der Waals surface area (Å²) in [7, 11) is -5.04. The van der Waals surface area contributed by atoms with E-state index in [1.54, 1.807) is 0 Å². The topological polar surface area (TPSA) is 192 Å². The molecule has 0 saturated heterocycles. The molecule has 0 aromatic carbocycles. The van der Waals surface area contributed by atoms with Crippen LogP contribution in [0.1, 0.15) is 206 Å². The van der Waals surface area contributed by atoms with E-state index in [1.807, 2.05) is 0 Å². The van der Waals surface area contributed by atoms with Crippen molar-refractivity contribution >= 4 is 13.8 Å². The number of phosphoric ester groups is 1. The quantitative estimate of drug-likeness (QED) is 0.0146. The minimum atomic E-state index is -5.04. The Kier molecular flexibility index (Phi) is 44.8. The van der Waals surface area contributed by atoms with Gasteiger partial charge >= 0.3 is 13.8 Å². The molecule has 1 rings (SSSR count). The number of esters is 1. The van der Waals surface area contributed by atoms with E-state index in [2.05, 4.69) is 111 Å². The van der Waals surface area contributed by atoms with E-state index in [0.717, 1.165) is 116 Å². The van der Waals surface area contributed by atoms with Crippen LogP contribution in [0.4, 0.5) is 0 Å². The molecule has 0 amide bonds. The third-order valence-electron chi connectivity index (χ3n) is 12.4. The van der Waals surface area contributed by atoms with Crippen LogP contribution >= 0.6 is 7.82 Å². The first-order chi connectivity index (χ1) is 35.0. The van der Waals surface area contributed by atoms with Gasteiger partial charge in [0.05, 0.1) is 13.2 Å². The first-order valence-corrected chi connectivity index (χ1v) is 29.6. The molecule has 0 aromatic rings. The first kappa shape index (κ1) is 67.3. The van der Waals surface area contributed by atoms with Crippen molar-refractivity contribution in [3.8, 4) is 0 Å². The maximum atomic E-state index is 12.9. The molecule has 1 aliphatic carbocycles. The summed E-state index contributed by atoms with van der Waals surface area (Å²) in [5, 5.41) is 50.4. The van der Waals surface area contributed by atoms with Gasteiger partial charge in [-0.05, 0) is 96.3 Å². The number of aliphatic hydroxyl groups excluding tert-OH is 5. The SMILES string of the molecule is CC/C=C\C/C=C\C/C=C\C/C=C\C/C=C\CCCCCCCCCCOCC(COP(=O)(O)OC1C(O)C(O)C(O)C(O)C1O)OC(=O)CCCCCCCC/C=C\C/C=C\C/C=C\CCCCCCC. The number of aliphatic hydroxyl groups is 5. The molecule has 6 N–H and O–H groups in total. The van der Waals surface area contributed by atoms with Crippen molar-refractivity contribution < 1.29 is 58.3 Å². The molecule has 13 heteroatoms. The molecule has 0 aromatic heterocycles. The van der Waals surface area contributed by atoms with E-state index in [4.69, 9.17) is 18.5 Å². The molecule has 1 aliphatic rings. The zero-order chi connectivity index (χ0) is 52.6. The van der Waals surface area contributed by atoms with Gasteiger partial charge in [0, 0.05) is 13.0 Å². The molecule has 1 saturated carbocycles. The highest BCUT2D eigenvalue weighted by Crippen LogP contribution is 2.47. The van der Waals surface area contributed by atoms with Crippen LogP contribution in [0.25, 0.3) is 0 Å². The minimum Gasteiger partial charge on any atom is -0.457 e. The first-order valence-electron chi connectivity index (χ1n) is 28.1. The number of allylic oxidation sites excluding steroid dienone is 16. The lowest BCUT2D eigenvalue weighted by Gasteiger charge is -2.41. The predicted octanol–water partition coefficient (Wildman–Crippen LogP) is 13.4. The van der Waals surface area contributed by atoms with E-state index < -0.39 is 63.1 Å². The van der Waals surface area contributed by atoms with Gasteiger partial charge in [0.1, 0.15) is 42.7 Å². The van der Waals surface area contributed by atoms with Crippen LogP contribution in [0.5, 0.6) is 0 Å². The zero-order valence-corrected chi connectivity index (χ0v) is 45.6. The second kappa shape index (κ2) is 47.9. The van der Waals surface area contributed by atoms with Crippen LogP contribution in [0, 0.1) is 0 Å². The third kappa shape index (κ3) is 38.8. The molecule has 0 heterocycles. The highest BCUT2D eigenvalue weighted by molar-refractivity contribution is 7.47. The zero-order valence-electron chi connectivity index (χ0n) is 44.7. The lowest BCUT2D eigenvalue weighted by atomic mass is 9.85. The summed E-state index contributed by atoms with van der Waals surface area (Å²) in [6, 6.07) is 0. The highest BCUT2D eigenvalue weighted by Gasteiger charge is 2.51. The van der Waals surface area contributed by atoms with Gasteiger partial charge < -0.3 is 39.9 Å². The summed E-state index contributed by atoms with van der Waals surface area (Å²) >= 11 is 0. The maximum Gasteiger partial charge on any atom is 0.472 e. The molecule has 414 valence electrons. The lowest BCUT2D eigenvalue weighted by Crippen LogP contribution is -2.64. The molecule has 72 heavy (non-hydrogen) atoms. The highest BCUT2D eigenvalue weighted by atomic mass is 31.2. The van der Waals surface area contributed by atoms with Crippen LogP contribution in [-0.2, 0) is 27.9 Å². The van der Waals surface area contributed by atoms with Gasteiger partial charge in [-0.25, -0.2) is 4.57 Å². The number of unbranched alkanes of at least 4 members (excludes halogenated alkanes) is 19. The molecule has 0 aliphatic heterocycles. The van der Waals surface area contributed by atoms with Gasteiger partial charge in [0.2, 0.25) is 0 Å². The Labute approximate surface area is 436 Å². The van der Waals surface area contributed by atoms with Gasteiger partial charge in [0.15, 0.2) is 0 Å². The molecule has 1 fully saturated rings. The van der Waals surface area contributed by atoms with Gasteiger partial charge in [-0.2, -0.15) is 0 Å². The Balaban J connectivity index is 2.33. The Morgan fingerprint density at radius 3 is 1.25 bits per heavy atom. The fourth-order valence-corrected chi connectivity index (χ4v) is 9.01. The van der Waals surface area contributed by atoms with Gasteiger partial charge in [-0.1, -0.05) is 201 Å². The minimum absolute atomic E-state index is 0.0939. The molecule has 0 radical (unpaired) electrons. The standard InChI is InChI=1S/C59H101O12P/c1-3-5-7-9-11-13-15-17-19-21-23-25-26-27-29-31-33-35-37-39-41-43-45-47-49-68-50-52(51-69-72(66,67)71-59-57(64)55(62)54(61)56(63)58(59)65)70-53(60)48-46-44-42-40-38-36-34-32-30-28-24-22-20-18-16-14-12-10-8-6-4-2/h5,7,11,13,16-19,22-25,27,29-30,32,52,54-59,61-65H,3-4,6,8-10,12,14-15,20-21,26,28,31,33-51H2,1-2H3,(H,66,67)/b7-5-,13-11-,18-16-,19-17-,24-22-,25-23-,29-27-,32-30-. The number of hydrogen-bond acceptors (Lipinski definition) is 11. The van der Waals surface area contributed by atoms with Crippen molar-refractivity contribution in [3.05, 3.63) is 97.2 Å². The maximum absolute atomic E-state index is 12.9. The molecule has 6 unspecified atom stereocenters. The summed E-state index contributed by atoms with van der Waals surface area (Å²) < 4.78 is 34.4. The molecule has 0 bridgehead atoms. The number of rotatable bonds is 47. The number of carbonyl (C=O) groups excluding carboxylic acids is 1. The van der Waals surface area contributed by atoms with Gasteiger partial charge in [0.25, 0.3) is 0 Å². The second-order valence-electron chi connectivity index (χ2n) is 19.0. The monoisotopic (exact) mass is 1030 g/mol. The van der Waals surface area contributed by atoms with Crippen LogP contribution in [-0.4, -0.2) is 98.9 Å². The van der Waals surface area contributed by atoms with Crippen LogP contribution in [0.2, 0.25) is 0 Å². The average molecular weight is 1030 g/mol. The van der Waals surface area contributed by atoms with Crippen molar-refractivity contribution in [3.63, 3.8) is 0 Å². The van der Waals surface area contributed by atoms with Crippen molar-refractivity contribution in [2.45, 2.75) is 249 Å². The van der Waals surface area contributed by atoms with E-state index in [-0.39, 0.29) is 13.0 Å². The summed E-state index contributed by atoms with van der Waals surface area (Å²) in [5.74, 6) is -0.495. The van der Waals surface area contributed by atoms with E-state index in [9.17, 15) is 39.8 Å². The largest absolute Gasteiger partial charge is 0.472 e. The van der Waals surface area contributed by atoms with Crippen LogP contribution < -0.4 is 0 Å². The summed E-state index contributed by atoms with van der Waals surface area (Å²) in [6.45, 7) is 4.11. The fourth-order valence-electron chi connectivity index (χ4n) is 8.04. The second-order valence-corrected chi connectivity index (χ2v) is 20.5. The average Bonchev–Trinajstić information content (AvgIpc) is 3.37. The fraction of sp³-hybridized carbons (Fsp3) is 0.712. The predicted molar refractivity (Wildman–Crippen MR) is 294 cm³/mol. The van der Waals surface area contributed by atoms with E-state index in [0.29, 0.717) is 13.0 Å². The van der Waals surface area contributed by atoms with E-state index in [1.165, 1.54) is 64.2 Å². The van der Waals surface area contributed by atoms with Crippen molar-refractivity contribution in [1.29, 1.82) is 0 Å². The van der Waals surface area contributed by atoms with Crippen LogP contribution in [0.15, 0.2) is 97.2 Å². The number of hydrogen-bond donors (Lipinski definition) is 6. The summed E-state index contributed by atoms with van der Waals surface area (Å²) in [6.07, 6.45) is 54.6. The Morgan fingerprint density at radius 1 is 0.458 bits per heavy atom. The molecular formula is C59H101O12P. The van der Waals surface area contributed by atoms with Crippen molar-refractivity contribution in [2.75, 3.05) is 19.8 Å². The van der Waals surface area contributed by atoms with Gasteiger partial charge in [-0.3, -0.25) is 13.8 Å². The number of ether oxygens (including phenoxy) is 2. The smallest absolute Gasteiger partial charge is 0.457 e. The van der Waals surface area contributed by atoms with Gasteiger partial charge in [-0.15, -0.1) is 0 Å². The molecule has 12 nitrogen and oxygen atoms in total. The molecule has 0 spiro atoms. The summed E-state index contributed by atoms with van der Waals surface area (Å²) in [5.41, 5.74) is 0. The third-order valence-corrected chi connectivity index (χ3v) is 13.4. The normalized spacial score (nSPS) is 21.4. The van der Waals surface area contributed by atoms with E-state index >= 15 is 0 Å². The molecule has 6 atom stereocenters. The van der Waals surface area contributed by atoms with Crippen LogP contribution in [0.3, 0.4) is 0 Å². The Morgan fingerprint density at radius 2 is 0.819 bits per heavy atom. The summed E-state index contributed by atoms with van der Waals surface area (Å²) in [4.78, 5) is 23.3. The number of carbonyl (C=O) groups is 1. The number of phosphoric acid groups is 1. The lowest BCUT2D eigenvalue weighted by molar-refractivity contribution is -0.220. The Bertz CT molecular complexity index is 1550. The van der Waals surface area contributed by atoms with Crippen molar-refractivity contribution in [1.82, 2.24) is 0 Å². The molecular weight excluding hydrogens is 932 g/mol. The van der Waals surface area contributed by atoms with Crippen molar-refractivity contribution in [2.24, 2.45) is 0 Å².